The lowest BCUT2D eigenvalue weighted by Gasteiger charge is -2.16. The molecule has 0 fully saturated rings. The van der Waals surface area contributed by atoms with Gasteiger partial charge in [-0.25, -0.2) is 0 Å². The zero-order chi connectivity index (χ0) is 23.2. The number of ether oxygens (including phenoxy) is 1. The van der Waals surface area contributed by atoms with Crippen molar-refractivity contribution in [2.24, 2.45) is 0 Å². The fourth-order valence-electron chi connectivity index (χ4n) is 2.57. The first-order chi connectivity index (χ1) is 14.5. The summed E-state index contributed by atoms with van der Waals surface area (Å²) >= 11 is 5.89. The van der Waals surface area contributed by atoms with Crippen molar-refractivity contribution >= 4 is 30.3 Å². The van der Waals surface area contributed by atoms with Crippen LogP contribution in [-0.4, -0.2) is 30.4 Å². The van der Waals surface area contributed by atoms with Crippen LogP contribution in [0.1, 0.15) is 19.4 Å². The van der Waals surface area contributed by atoms with E-state index in [0.29, 0.717) is 12.3 Å². The third kappa shape index (κ3) is 6.85. The Balaban J connectivity index is 2.16. The highest BCUT2D eigenvalue weighted by Gasteiger charge is 2.31. The number of hydrogen-bond donors (Lipinski definition) is 1. The summed E-state index contributed by atoms with van der Waals surface area (Å²) in [6, 6.07) is 6.45. The molecular weight excluding hydrogens is 460 g/mol. The van der Waals surface area contributed by atoms with Crippen molar-refractivity contribution in [3.05, 3.63) is 57.1 Å². The summed E-state index contributed by atoms with van der Waals surface area (Å²) in [5.41, 5.74) is -1.05. The molecule has 0 heterocycles. The number of halogens is 4. The number of alkyl halides is 3. The molecule has 2 rings (SSSR count). The topological polar surface area (TPSA) is 90.7 Å². The zero-order valence-corrected chi connectivity index (χ0v) is 18.4. The molecule has 170 valence electrons. The first-order valence-electron chi connectivity index (χ1n) is 9.28. The Morgan fingerprint density at radius 2 is 1.84 bits per heavy atom. The van der Waals surface area contributed by atoms with E-state index < -0.39 is 24.0 Å². The van der Waals surface area contributed by atoms with Crippen LogP contribution >= 0.6 is 19.0 Å². The number of anilines is 1. The molecule has 0 aliphatic carbocycles. The third-order valence-electron chi connectivity index (χ3n) is 4.36. The normalized spacial score (nSPS) is 11.9. The molecule has 1 N–H and O–H groups in total. The average molecular weight is 481 g/mol. The molecule has 0 aliphatic heterocycles. The second-order valence-corrected chi connectivity index (χ2v) is 9.95. The van der Waals surface area contributed by atoms with Gasteiger partial charge in [-0.15, -0.1) is 0 Å². The maximum absolute atomic E-state index is 12.8. The van der Waals surface area contributed by atoms with Gasteiger partial charge in [0.1, 0.15) is 17.2 Å². The standard InChI is InChI=1S/C19H21ClF3N2O5P/c1-3-31(28,4-2)29-10-9-24-16-12-14(6-7-17(16)25(26)27)30-18-8-5-13(11-15(18)20)19(21,22)23/h5-8,11-12,24H,3-4,9-10H2,1-2H3. The van der Waals surface area contributed by atoms with Gasteiger partial charge in [0.15, 0.2) is 0 Å². The number of nitro groups is 1. The largest absolute Gasteiger partial charge is 0.456 e. The average Bonchev–Trinajstić information content (AvgIpc) is 2.71. The van der Waals surface area contributed by atoms with Gasteiger partial charge < -0.3 is 14.6 Å². The molecule has 0 unspecified atom stereocenters. The molecule has 0 aromatic heterocycles. The van der Waals surface area contributed by atoms with E-state index in [9.17, 15) is 27.9 Å². The second-order valence-electron chi connectivity index (χ2n) is 6.39. The van der Waals surface area contributed by atoms with Crippen molar-refractivity contribution in [1.82, 2.24) is 0 Å². The summed E-state index contributed by atoms with van der Waals surface area (Å²) in [4.78, 5) is 10.7. The molecule has 0 aliphatic rings. The Bertz CT molecular complexity index is 980. The number of nitrogens with one attached hydrogen (secondary N) is 1. The van der Waals surface area contributed by atoms with Gasteiger partial charge in [-0.3, -0.25) is 14.7 Å². The fraction of sp³-hybridized carbons (Fsp3) is 0.368. The van der Waals surface area contributed by atoms with Crippen molar-refractivity contribution in [3.63, 3.8) is 0 Å². The first-order valence-corrected chi connectivity index (χ1v) is 11.7. The minimum Gasteiger partial charge on any atom is -0.456 e. The van der Waals surface area contributed by atoms with Crippen LogP contribution < -0.4 is 10.1 Å². The Labute approximate surface area is 182 Å². The van der Waals surface area contributed by atoms with Gasteiger partial charge in [-0.05, 0) is 24.3 Å². The molecule has 12 heteroatoms. The highest BCUT2D eigenvalue weighted by atomic mass is 35.5. The van der Waals surface area contributed by atoms with Gasteiger partial charge >= 0.3 is 6.18 Å². The van der Waals surface area contributed by atoms with Crippen LogP contribution in [0.15, 0.2) is 36.4 Å². The van der Waals surface area contributed by atoms with Gasteiger partial charge in [0, 0.05) is 31.0 Å². The van der Waals surface area contributed by atoms with Gasteiger partial charge in [0.05, 0.1) is 22.1 Å². The Kier molecular flexibility index (Phi) is 8.34. The van der Waals surface area contributed by atoms with Crippen molar-refractivity contribution in [3.8, 4) is 11.5 Å². The van der Waals surface area contributed by atoms with E-state index in [1.54, 1.807) is 13.8 Å². The van der Waals surface area contributed by atoms with E-state index in [1.165, 1.54) is 18.2 Å². The van der Waals surface area contributed by atoms with Crippen molar-refractivity contribution in [2.45, 2.75) is 20.0 Å². The summed E-state index contributed by atoms with van der Waals surface area (Å²) in [5.74, 6) is 0.0908. The molecule has 0 saturated carbocycles. The minimum atomic E-state index is -4.55. The van der Waals surface area contributed by atoms with Gasteiger partial charge in [-0.1, -0.05) is 25.4 Å². The van der Waals surface area contributed by atoms with E-state index in [0.717, 1.165) is 18.2 Å². The van der Waals surface area contributed by atoms with Crippen molar-refractivity contribution in [2.75, 3.05) is 30.8 Å². The predicted molar refractivity (Wildman–Crippen MR) is 113 cm³/mol. The smallest absolute Gasteiger partial charge is 0.416 e. The van der Waals surface area contributed by atoms with E-state index in [-0.39, 0.29) is 41.0 Å². The molecule has 2 aromatic rings. The van der Waals surface area contributed by atoms with Crippen LogP contribution in [0.4, 0.5) is 24.5 Å². The highest BCUT2D eigenvalue weighted by molar-refractivity contribution is 7.58. The van der Waals surface area contributed by atoms with Crippen LogP contribution in [-0.2, 0) is 15.3 Å². The maximum Gasteiger partial charge on any atom is 0.416 e. The molecular formula is C19H21ClF3N2O5P. The Morgan fingerprint density at radius 3 is 2.39 bits per heavy atom. The summed E-state index contributed by atoms with van der Waals surface area (Å²) in [7, 11) is -2.70. The minimum absolute atomic E-state index is 0.0374. The highest BCUT2D eigenvalue weighted by Crippen LogP contribution is 2.45. The first kappa shape index (κ1) is 25.0. The van der Waals surface area contributed by atoms with Crippen molar-refractivity contribution < 1.29 is 31.9 Å². The lowest BCUT2D eigenvalue weighted by atomic mass is 10.2. The predicted octanol–water partition coefficient (Wildman–Crippen LogP) is 6.81. The number of nitrogens with zero attached hydrogens (tertiary/aromatic N) is 1. The molecule has 0 bridgehead atoms. The summed E-state index contributed by atoms with van der Waals surface area (Å²) in [6.07, 6.45) is -3.77. The van der Waals surface area contributed by atoms with E-state index in [4.69, 9.17) is 20.9 Å². The Morgan fingerprint density at radius 1 is 1.16 bits per heavy atom. The van der Waals surface area contributed by atoms with Crippen molar-refractivity contribution in [1.29, 1.82) is 0 Å². The Hall–Kier alpha value is -2.29. The van der Waals surface area contributed by atoms with Gasteiger partial charge in [0.2, 0.25) is 7.37 Å². The van der Waals surface area contributed by atoms with Gasteiger partial charge in [-0.2, -0.15) is 13.2 Å². The quantitative estimate of drug-likeness (QED) is 0.174. The molecule has 0 saturated heterocycles. The summed E-state index contributed by atoms with van der Waals surface area (Å²) < 4.78 is 61.5. The molecule has 2 aromatic carbocycles. The fourth-order valence-corrected chi connectivity index (χ4v) is 4.03. The van der Waals surface area contributed by atoms with Crippen LogP contribution in [0.2, 0.25) is 5.02 Å². The molecule has 0 amide bonds. The zero-order valence-electron chi connectivity index (χ0n) is 16.7. The summed E-state index contributed by atoms with van der Waals surface area (Å²) in [5, 5.41) is 13.9. The van der Waals surface area contributed by atoms with E-state index >= 15 is 0 Å². The number of nitro benzene ring substituents is 1. The molecule has 0 spiro atoms. The van der Waals surface area contributed by atoms with E-state index in [2.05, 4.69) is 5.32 Å². The monoisotopic (exact) mass is 480 g/mol. The van der Waals surface area contributed by atoms with Gasteiger partial charge in [0.25, 0.3) is 5.69 Å². The second kappa shape index (κ2) is 10.3. The van der Waals surface area contributed by atoms with E-state index in [1.807, 2.05) is 0 Å². The molecule has 0 radical (unpaired) electrons. The summed E-state index contributed by atoms with van der Waals surface area (Å²) in [6.45, 7) is 3.74. The third-order valence-corrected chi connectivity index (χ3v) is 7.24. The lowest BCUT2D eigenvalue weighted by molar-refractivity contribution is -0.384. The SMILES string of the molecule is CCP(=O)(CC)OCCNc1cc(Oc2ccc(C(F)(F)F)cc2Cl)ccc1[N+](=O)[O-]. The molecule has 0 atom stereocenters. The number of hydrogen-bond acceptors (Lipinski definition) is 6. The molecule has 31 heavy (non-hydrogen) atoms. The van der Waals surface area contributed by atoms with Crippen LogP contribution in [0.5, 0.6) is 11.5 Å². The van der Waals surface area contributed by atoms with Crippen LogP contribution in [0, 0.1) is 10.1 Å². The van der Waals surface area contributed by atoms with Crippen LogP contribution in [0.25, 0.3) is 0 Å². The number of benzene rings is 2. The molecule has 7 nitrogen and oxygen atoms in total. The maximum atomic E-state index is 12.8. The number of rotatable bonds is 10. The van der Waals surface area contributed by atoms with Crippen LogP contribution in [0.3, 0.4) is 0 Å². The lowest BCUT2D eigenvalue weighted by Crippen LogP contribution is -2.11.